The van der Waals surface area contributed by atoms with Gasteiger partial charge in [0.1, 0.15) is 0 Å². The van der Waals surface area contributed by atoms with Crippen LogP contribution in [0.5, 0.6) is 0 Å². The Bertz CT molecular complexity index is 720. The monoisotopic (exact) mass is 360 g/mol. The molecule has 1 atom stereocenters. The molecule has 1 amide bonds. The van der Waals surface area contributed by atoms with Gasteiger partial charge >= 0.3 is 5.97 Å². The van der Waals surface area contributed by atoms with E-state index in [0.717, 1.165) is 0 Å². The lowest BCUT2D eigenvalue weighted by molar-refractivity contribution is -0.115. The summed E-state index contributed by atoms with van der Waals surface area (Å²) < 4.78 is 27.3. The Labute approximate surface area is 139 Å². The number of ether oxygens (including phenoxy) is 1. The number of hydrogen-bond acceptors (Lipinski definition) is 6. The number of hydrogen-bond donors (Lipinski definition) is 2. The highest BCUT2D eigenvalue weighted by Gasteiger charge is 2.27. The van der Waals surface area contributed by atoms with Gasteiger partial charge in [-0.1, -0.05) is 11.6 Å². The second-order valence-corrected chi connectivity index (χ2v) is 7.85. The molecule has 126 valence electrons. The zero-order chi connectivity index (χ0) is 17.0. The Morgan fingerprint density at radius 1 is 1.39 bits per heavy atom. The second kappa shape index (κ2) is 7.29. The van der Waals surface area contributed by atoms with Crippen LogP contribution in [0.2, 0.25) is 5.02 Å². The van der Waals surface area contributed by atoms with Gasteiger partial charge in [-0.05, 0) is 24.6 Å². The number of carbonyl (C=O) groups excluding carboxylic acids is 2. The van der Waals surface area contributed by atoms with Crippen molar-refractivity contribution in [3.63, 3.8) is 0 Å². The fraction of sp³-hybridized carbons (Fsp3) is 0.429. The first kappa shape index (κ1) is 17.7. The van der Waals surface area contributed by atoms with Crippen LogP contribution in [-0.4, -0.2) is 51.5 Å². The van der Waals surface area contributed by atoms with Crippen LogP contribution in [0.15, 0.2) is 18.2 Å². The third kappa shape index (κ3) is 4.92. The summed E-state index contributed by atoms with van der Waals surface area (Å²) in [4.78, 5) is 23.4. The maximum Gasteiger partial charge on any atom is 0.337 e. The number of esters is 1. The minimum absolute atomic E-state index is 0.0405. The third-order valence-electron chi connectivity index (χ3n) is 3.45. The fourth-order valence-electron chi connectivity index (χ4n) is 2.25. The van der Waals surface area contributed by atoms with Crippen LogP contribution in [0.3, 0.4) is 0 Å². The van der Waals surface area contributed by atoms with E-state index in [9.17, 15) is 18.0 Å². The molecule has 1 fully saturated rings. The first-order chi connectivity index (χ1) is 10.8. The summed E-state index contributed by atoms with van der Waals surface area (Å²) in [6.07, 6.45) is 0.494. The minimum atomic E-state index is -2.99. The van der Waals surface area contributed by atoms with Gasteiger partial charge < -0.3 is 15.4 Å². The topological polar surface area (TPSA) is 102 Å². The van der Waals surface area contributed by atoms with Crippen molar-refractivity contribution in [3.8, 4) is 0 Å². The molecule has 9 heteroatoms. The Balaban J connectivity index is 1.93. The molecular weight excluding hydrogens is 344 g/mol. The van der Waals surface area contributed by atoms with E-state index >= 15 is 0 Å². The Morgan fingerprint density at radius 3 is 2.74 bits per heavy atom. The van der Waals surface area contributed by atoms with Crippen molar-refractivity contribution >= 4 is 39.0 Å². The van der Waals surface area contributed by atoms with Gasteiger partial charge in [-0.2, -0.15) is 0 Å². The molecule has 1 aliphatic rings. The van der Waals surface area contributed by atoms with Crippen LogP contribution >= 0.6 is 11.6 Å². The summed E-state index contributed by atoms with van der Waals surface area (Å²) in [7, 11) is -1.74. The number of amides is 1. The summed E-state index contributed by atoms with van der Waals surface area (Å²) in [5.74, 6) is -0.734. The highest BCUT2D eigenvalue weighted by atomic mass is 35.5. The SMILES string of the molecule is COC(=O)c1ccc(Cl)c(NC(=O)CNC2CCS(=O)(=O)C2)c1. The third-order valence-corrected chi connectivity index (χ3v) is 5.54. The van der Waals surface area contributed by atoms with E-state index in [2.05, 4.69) is 15.4 Å². The van der Waals surface area contributed by atoms with Crippen molar-refractivity contribution in [1.29, 1.82) is 0 Å². The predicted octanol–water partition coefficient (Wildman–Crippen LogP) is 0.842. The standard InChI is InChI=1S/C14H17ClN2O5S/c1-22-14(19)9-2-3-11(15)12(6-9)17-13(18)7-16-10-4-5-23(20,21)8-10/h2-3,6,10,16H,4-5,7-8H2,1H3,(H,17,18). The summed E-state index contributed by atoms with van der Waals surface area (Å²) in [5, 5.41) is 5.77. The smallest absolute Gasteiger partial charge is 0.337 e. The van der Waals surface area contributed by atoms with E-state index in [1.165, 1.54) is 25.3 Å². The van der Waals surface area contributed by atoms with Crippen molar-refractivity contribution in [2.24, 2.45) is 0 Å². The molecule has 0 bridgehead atoms. The second-order valence-electron chi connectivity index (χ2n) is 5.22. The molecule has 0 spiro atoms. The maximum absolute atomic E-state index is 11.9. The van der Waals surface area contributed by atoms with Gasteiger partial charge in [0.15, 0.2) is 9.84 Å². The molecule has 7 nitrogen and oxygen atoms in total. The highest BCUT2D eigenvalue weighted by molar-refractivity contribution is 7.91. The Hall–Kier alpha value is -1.64. The van der Waals surface area contributed by atoms with Gasteiger partial charge in [-0.3, -0.25) is 4.79 Å². The molecule has 1 aromatic carbocycles. The molecular formula is C14H17ClN2O5S. The normalized spacial score (nSPS) is 19.3. The zero-order valence-corrected chi connectivity index (χ0v) is 14.0. The number of halogens is 1. The van der Waals surface area contributed by atoms with E-state index < -0.39 is 15.8 Å². The lowest BCUT2D eigenvalue weighted by Gasteiger charge is -2.12. The van der Waals surface area contributed by atoms with Crippen molar-refractivity contribution in [2.75, 3.05) is 30.5 Å². The maximum atomic E-state index is 11.9. The summed E-state index contributed by atoms with van der Waals surface area (Å²) in [5.41, 5.74) is 0.558. The number of nitrogens with one attached hydrogen (secondary N) is 2. The zero-order valence-electron chi connectivity index (χ0n) is 12.5. The van der Waals surface area contributed by atoms with E-state index in [4.69, 9.17) is 11.6 Å². The summed E-state index contributed by atoms with van der Waals surface area (Å²) in [6.45, 7) is -0.0427. The van der Waals surface area contributed by atoms with E-state index in [1.807, 2.05) is 0 Å². The summed E-state index contributed by atoms with van der Waals surface area (Å²) >= 11 is 5.99. The summed E-state index contributed by atoms with van der Waals surface area (Å²) in [6, 6.07) is 4.18. The molecule has 1 heterocycles. The van der Waals surface area contributed by atoms with Crippen LogP contribution in [-0.2, 0) is 19.4 Å². The molecule has 1 aliphatic heterocycles. The lowest BCUT2D eigenvalue weighted by atomic mass is 10.2. The quantitative estimate of drug-likeness (QED) is 0.754. The molecule has 2 N–H and O–H groups in total. The number of anilines is 1. The van der Waals surface area contributed by atoms with E-state index in [-0.39, 0.29) is 40.6 Å². The van der Waals surface area contributed by atoms with E-state index in [0.29, 0.717) is 12.1 Å². The van der Waals surface area contributed by atoms with Crippen molar-refractivity contribution in [2.45, 2.75) is 12.5 Å². The minimum Gasteiger partial charge on any atom is -0.465 e. The first-order valence-electron chi connectivity index (χ1n) is 6.92. The molecule has 23 heavy (non-hydrogen) atoms. The molecule has 0 radical (unpaired) electrons. The molecule has 1 aromatic rings. The van der Waals surface area contributed by atoms with Crippen LogP contribution in [0, 0.1) is 0 Å². The number of rotatable bonds is 5. The van der Waals surface area contributed by atoms with Gasteiger partial charge in [0.2, 0.25) is 5.91 Å². The van der Waals surface area contributed by atoms with Crippen molar-refractivity contribution < 1.29 is 22.7 Å². The van der Waals surface area contributed by atoms with Crippen LogP contribution in [0.25, 0.3) is 0 Å². The molecule has 1 saturated heterocycles. The van der Waals surface area contributed by atoms with Gasteiger partial charge in [0.25, 0.3) is 0 Å². The molecule has 0 aliphatic carbocycles. The Morgan fingerprint density at radius 2 is 2.13 bits per heavy atom. The Kier molecular flexibility index (Phi) is 5.61. The first-order valence-corrected chi connectivity index (χ1v) is 9.12. The number of benzene rings is 1. The predicted molar refractivity (Wildman–Crippen MR) is 86.5 cm³/mol. The van der Waals surface area contributed by atoms with Crippen LogP contribution in [0.1, 0.15) is 16.8 Å². The molecule has 2 rings (SSSR count). The number of sulfone groups is 1. The average molecular weight is 361 g/mol. The van der Waals surface area contributed by atoms with Crippen molar-refractivity contribution in [1.82, 2.24) is 5.32 Å². The lowest BCUT2D eigenvalue weighted by Crippen LogP contribution is -2.36. The van der Waals surface area contributed by atoms with Gasteiger partial charge in [0.05, 0.1) is 41.4 Å². The highest BCUT2D eigenvalue weighted by Crippen LogP contribution is 2.23. The van der Waals surface area contributed by atoms with Gasteiger partial charge in [0, 0.05) is 6.04 Å². The van der Waals surface area contributed by atoms with Crippen LogP contribution in [0.4, 0.5) is 5.69 Å². The number of methoxy groups -OCH3 is 1. The average Bonchev–Trinajstić information content (AvgIpc) is 2.86. The van der Waals surface area contributed by atoms with Gasteiger partial charge in [-0.25, -0.2) is 13.2 Å². The van der Waals surface area contributed by atoms with Crippen LogP contribution < -0.4 is 10.6 Å². The molecule has 0 saturated carbocycles. The number of carbonyl (C=O) groups is 2. The largest absolute Gasteiger partial charge is 0.465 e. The molecule has 1 unspecified atom stereocenters. The molecule has 0 aromatic heterocycles. The van der Waals surface area contributed by atoms with Gasteiger partial charge in [-0.15, -0.1) is 0 Å². The van der Waals surface area contributed by atoms with E-state index in [1.54, 1.807) is 0 Å². The fourth-order valence-corrected chi connectivity index (χ4v) is 4.13. The van der Waals surface area contributed by atoms with Crippen molar-refractivity contribution in [3.05, 3.63) is 28.8 Å².